The van der Waals surface area contributed by atoms with Crippen LogP contribution in [0.5, 0.6) is 0 Å². The van der Waals surface area contributed by atoms with Gasteiger partial charge in [0.1, 0.15) is 0 Å². The maximum Gasteiger partial charge on any atom is 0.223 e. The van der Waals surface area contributed by atoms with Gasteiger partial charge in [-0.15, -0.1) is 11.6 Å². The molecule has 1 aliphatic rings. The van der Waals surface area contributed by atoms with Gasteiger partial charge in [0.2, 0.25) is 5.95 Å². The summed E-state index contributed by atoms with van der Waals surface area (Å²) in [6.07, 6.45) is 5.30. The molecule has 0 aliphatic heterocycles. The average molecular weight is 262 g/mol. The van der Waals surface area contributed by atoms with Crippen molar-refractivity contribution in [3.05, 3.63) is 30.5 Å². The largest absolute Gasteiger partial charge is 0.354 e. The van der Waals surface area contributed by atoms with E-state index in [9.17, 15) is 0 Å². The molecule has 3 nitrogen and oxygen atoms in total. The lowest BCUT2D eigenvalue weighted by atomic mass is 10.1. The number of anilines is 1. The lowest BCUT2D eigenvalue weighted by molar-refractivity contribution is 0.578. The van der Waals surface area contributed by atoms with Crippen LogP contribution in [0.25, 0.3) is 10.9 Å². The van der Waals surface area contributed by atoms with E-state index in [1.54, 1.807) is 0 Å². The number of para-hydroxylation sites is 1. The van der Waals surface area contributed by atoms with Gasteiger partial charge >= 0.3 is 0 Å². The zero-order chi connectivity index (χ0) is 12.4. The summed E-state index contributed by atoms with van der Waals surface area (Å²) in [5.41, 5.74) is 0.983. The second kappa shape index (κ2) is 5.11. The molecule has 94 valence electrons. The van der Waals surface area contributed by atoms with Gasteiger partial charge in [-0.05, 0) is 31.2 Å². The quantitative estimate of drug-likeness (QED) is 0.860. The Morgan fingerprint density at radius 3 is 3.00 bits per heavy atom. The van der Waals surface area contributed by atoms with E-state index in [2.05, 4.69) is 15.3 Å². The van der Waals surface area contributed by atoms with E-state index in [0.29, 0.717) is 17.2 Å². The van der Waals surface area contributed by atoms with Crippen LogP contribution in [-0.4, -0.2) is 21.9 Å². The van der Waals surface area contributed by atoms with Crippen molar-refractivity contribution < 1.29 is 0 Å². The van der Waals surface area contributed by atoms with Gasteiger partial charge in [0.25, 0.3) is 0 Å². The summed E-state index contributed by atoms with van der Waals surface area (Å²) >= 11 is 6.11. The summed E-state index contributed by atoms with van der Waals surface area (Å²) in [7, 11) is 0. The highest BCUT2D eigenvalue weighted by Gasteiger charge is 2.22. The molecule has 0 saturated heterocycles. The van der Waals surface area contributed by atoms with Gasteiger partial charge in [0.15, 0.2) is 0 Å². The summed E-state index contributed by atoms with van der Waals surface area (Å²) in [5.74, 6) is 1.37. The molecule has 1 aromatic heterocycles. The van der Waals surface area contributed by atoms with Crippen LogP contribution in [0.3, 0.4) is 0 Å². The molecule has 0 radical (unpaired) electrons. The van der Waals surface area contributed by atoms with Gasteiger partial charge in [0, 0.05) is 23.5 Å². The van der Waals surface area contributed by atoms with Crippen molar-refractivity contribution >= 4 is 28.5 Å². The molecule has 0 spiro atoms. The van der Waals surface area contributed by atoms with Crippen LogP contribution in [0.4, 0.5) is 5.95 Å². The van der Waals surface area contributed by atoms with Crippen molar-refractivity contribution in [2.24, 2.45) is 5.92 Å². The van der Waals surface area contributed by atoms with Crippen molar-refractivity contribution in [1.29, 1.82) is 0 Å². The summed E-state index contributed by atoms with van der Waals surface area (Å²) in [6.45, 7) is 0.918. The van der Waals surface area contributed by atoms with Crippen molar-refractivity contribution in [2.75, 3.05) is 11.9 Å². The highest BCUT2D eigenvalue weighted by Crippen LogP contribution is 2.29. The van der Waals surface area contributed by atoms with Gasteiger partial charge < -0.3 is 5.32 Å². The average Bonchev–Trinajstić information content (AvgIpc) is 2.82. The highest BCUT2D eigenvalue weighted by atomic mass is 35.5. The molecule has 18 heavy (non-hydrogen) atoms. The van der Waals surface area contributed by atoms with Crippen molar-refractivity contribution in [2.45, 2.75) is 24.6 Å². The van der Waals surface area contributed by atoms with Crippen LogP contribution in [0.1, 0.15) is 19.3 Å². The van der Waals surface area contributed by atoms with E-state index in [1.165, 1.54) is 6.42 Å². The minimum Gasteiger partial charge on any atom is -0.354 e. The fourth-order valence-corrected chi connectivity index (χ4v) is 2.87. The van der Waals surface area contributed by atoms with E-state index in [0.717, 1.165) is 30.3 Å². The summed E-state index contributed by atoms with van der Waals surface area (Å²) in [4.78, 5) is 8.83. The van der Waals surface area contributed by atoms with Crippen LogP contribution < -0.4 is 5.32 Å². The van der Waals surface area contributed by atoms with E-state index in [1.807, 2.05) is 30.5 Å². The highest BCUT2D eigenvalue weighted by molar-refractivity contribution is 6.20. The fraction of sp³-hybridized carbons (Fsp3) is 0.429. The number of aromatic nitrogens is 2. The second-order valence-corrected chi connectivity index (χ2v) is 5.53. The zero-order valence-corrected chi connectivity index (χ0v) is 10.9. The van der Waals surface area contributed by atoms with Gasteiger partial charge in [-0.3, -0.25) is 0 Å². The number of benzene rings is 1. The number of rotatable bonds is 3. The van der Waals surface area contributed by atoms with E-state index in [4.69, 9.17) is 11.6 Å². The zero-order valence-electron chi connectivity index (χ0n) is 10.1. The first-order chi connectivity index (χ1) is 8.81. The molecule has 4 heteroatoms. The Morgan fingerprint density at radius 2 is 2.17 bits per heavy atom. The van der Waals surface area contributed by atoms with Gasteiger partial charge in [0.05, 0.1) is 5.52 Å². The summed E-state index contributed by atoms with van der Waals surface area (Å²) in [5, 5.41) is 4.75. The van der Waals surface area contributed by atoms with Crippen LogP contribution in [0, 0.1) is 5.92 Å². The smallest absolute Gasteiger partial charge is 0.223 e. The predicted octanol–water partition coefficient (Wildman–Crippen LogP) is 3.45. The molecule has 1 saturated carbocycles. The summed E-state index contributed by atoms with van der Waals surface area (Å²) < 4.78 is 0. The molecule has 0 bridgehead atoms. The molecule has 2 atom stereocenters. The second-order valence-electron chi connectivity index (χ2n) is 4.91. The maximum atomic E-state index is 6.11. The predicted molar refractivity (Wildman–Crippen MR) is 75.0 cm³/mol. The van der Waals surface area contributed by atoms with Crippen LogP contribution >= 0.6 is 11.6 Å². The lowest BCUT2D eigenvalue weighted by Crippen LogP contribution is -2.13. The van der Waals surface area contributed by atoms with Crippen LogP contribution in [0.15, 0.2) is 30.5 Å². The van der Waals surface area contributed by atoms with Gasteiger partial charge in [-0.1, -0.05) is 18.2 Å². The number of hydrogen-bond donors (Lipinski definition) is 1. The summed E-state index contributed by atoms with van der Waals surface area (Å²) in [6, 6.07) is 8.02. The Kier molecular flexibility index (Phi) is 3.33. The SMILES string of the molecule is ClC1CCC(CNc2ncc3ccccc3n2)C1. The Balaban J connectivity index is 1.67. The molecule has 2 unspecified atom stereocenters. The van der Waals surface area contributed by atoms with Crippen molar-refractivity contribution in [1.82, 2.24) is 9.97 Å². The third-order valence-electron chi connectivity index (χ3n) is 3.52. The topological polar surface area (TPSA) is 37.8 Å². The Hall–Kier alpha value is -1.35. The fourth-order valence-electron chi connectivity index (χ4n) is 2.49. The normalized spacial score (nSPS) is 23.4. The van der Waals surface area contributed by atoms with E-state index in [-0.39, 0.29) is 0 Å². The van der Waals surface area contributed by atoms with E-state index >= 15 is 0 Å². The Morgan fingerprint density at radius 1 is 1.28 bits per heavy atom. The minimum absolute atomic E-state index is 0.356. The molecule has 0 amide bonds. The Bertz CT molecular complexity index is 543. The lowest BCUT2D eigenvalue weighted by Gasteiger charge is -2.10. The molecule has 1 heterocycles. The molecule has 2 aromatic rings. The molecule has 1 aliphatic carbocycles. The van der Waals surface area contributed by atoms with Crippen LogP contribution in [0.2, 0.25) is 0 Å². The van der Waals surface area contributed by atoms with Crippen LogP contribution in [-0.2, 0) is 0 Å². The number of halogens is 1. The number of fused-ring (bicyclic) bond motifs is 1. The molecule has 3 rings (SSSR count). The van der Waals surface area contributed by atoms with Gasteiger partial charge in [-0.2, -0.15) is 0 Å². The molecule has 1 aromatic carbocycles. The van der Waals surface area contributed by atoms with Crippen molar-refractivity contribution in [3.63, 3.8) is 0 Å². The van der Waals surface area contributed by atoms with Gasteiger partial charge in [-0.25, -0.2) is 9.97 Å². The van der Waals surface area contributed by atoms with E-state index < -0.39 is 0 Å². The number of hydrogen-bond acceptors (Lipinski definition) is 3. The first kappa shape index (κ1) is 11.7. The standard InChI is InChI=1S/C14H16ClN3/c15-12-6-5-10(7-12)8-16-14-17-9-11-3-1-2-4-13(11)18-14/h1-4,9-10,12H,5-8H2,(H,16,17,18). The first-order valence-electron chi connectivity index (χ1n) is 6.41. The number of alkyl halides is 1. The van der Waals surface area contributed by atoms with Crippen molar-refractivity contribution in [3.8, 4) is 0 Å². The monoisotopic (exact) mass is 261 g/mol. The molecule has 1 N–H and O–H groups in total. The molecular formula is C14H16ClN3. The maximum absolute atomic E-state index is 6.11. The Labute approximate surface area is 112 Å². The third kappa shape index (κ3) is 2.56. The minimum atomic E-state index is 0.356. The number of nitrogens with zero attached hydrogens (tertiary/aromatic N) is 2. The molecule has 1 fully saturated rings. The third-order valence-corrected chi connectivity index (χ3v) is 3.91. The molecular weight excluding hydrogens is 246 g/mol. The number of nitrogens with one attached hydrogen (secondary N) is 1. The first-order valence-corrected chi connectivity index (χ1v) is 6.84.